The van der Waals surface area contributed by atoms with E-state index in [1.54, 1.807) is 0 Å². The number of morpholine rings is 1. The molecule has 20 heavy (non-hydrogen) atoms. The van der Waals surface area contributed by atoms with Crippen LogP contribution >= 0.6 is 0 Å². The first-order chi connectivity index (χ1) is 9.52. The lowest BCUT2D eigenvalue weighted by Gasteiger charge is -2.33. The third kappa shape index (κ3) is 2.83. The van der Waals surface area contributed by atoms with Crippen molar-refractivity contribution in [3.63, 3.8) is 0 Å². The van der Waals surface area contributed by atoms with Crippen LogP contribution < -0.4 is 0 Å². The number of esters is 1. The fraction of sp³-hybridized carbons (Fsp3) is 0.385. The molecule has 0 saturated carbocycles. The van der Waals surface area contributed by atoms with Gasteiger partial charge in [-0.25, -0.2) is 4.79 Å². The molecule has 1 aliphatic rings. The molecule has 108 valence electrons. The van der Waals surface area contributed by atoms with Gasteiger partial charge in [-0.2, -0.15) is 0 Å². The number of phenols is 2. The SMILES string of the molecule is COC(=O)C1COCCN1C(=O)c1cc(O)cc(O)c1. The first-order valence-electron chi connectivity index (χ1n) is 6.02. The summed E-state index contributed by atoms with van der Waals surface area (Å²) < 4.78 is 9.82. The Labute approximate surface area is 115 Å². The number of hydrogen-bond acceptors (Lipinski definition) is 6. The second kappa shape index (κ2) is 5.79. The molecule has 1 atom stereocenters. The Hall–Kier alpha value is -2.28. The van der Waals surface area contributed by atoms with Crippen LogP contribution in [-0.4, -0.2) is 59.9 Å². The molecular formula is C13H15NO6. The number of ether oxygens (including phenoxy) is 2. The fourth-order valence-electron chi connectivity index (χ4n) is 2.06. The van der Waals surface area contributed by atoms with Crippen molar-refractivity contribution in [2.75, 3.05) is 26.9 Å². The van der Waals surface area contributed by atoms with E-state index in [0.717, 1.165) is 6.07 Å². The number of hydrogen-bond donors (Lipinski definition) is 2. The summed E-state index contributed by atoms with van der Waals surface area (Å²) in [6.07, 6.45) is 0. The Morgan fingerprint density at radius 3 is 2.55 bits per heavy atom. The number of rotatable bonds is 2. The second-order valence-corrected chi connectivity index (χ2v) is 4.35. The van der Waals surface area contributed by atoms with Gasteiger partial charge < -0.3 is 24.6 Å². The van der Waals surface area contributed by atoms with Crippen LogP contribution in [0.15, 0.2) is 18.2 Å². The molecule has 7 heteroatoms. The summed E-state index contributed by atoms with van der Waals surface area (Å²) in [5.41, 5.74) is 0.0957. The topological polar surface area (TPSA) is 96.3 Å². The molecule has 1 saturated heterocycles. The number of carbonyl (C=O) groups excluding carboxylic acids is 2. The molecule has 1 aliphatic heterocycles. The maximum atomic E-state index is 12.4. The van der Waals surface area contributed by atoms with Gasteiger partial charge in [-0.3, -0.25) is 4.79 Å². The minimum atomic E-state index is -0.828. The Bertz CT molecular complexity index is 509. The predicted octanol–water partition coefficient (Wildman–Crippen LogP) is 0.112. The van der Waals surface area contributed by atoms with E-state index in [0.29, 0.717) is 6.61 Å². The number of nitrogens with zero attached hydrogens (tertiary/aromatic N) is 1. The molecule has 0 aromatic heterocycles. The van der Waals surface area contributed by atoms with Gasteiger partial charge in [-0.15, -0.1) is 0 Å². The van der Waals surface area contributed by atoms with Crippen molar-refractivity contribution in [2.45, 2.75) is 6.04 Å². The average Bonchev–Trinajstić information content (AvgIpc) is 2.44. The summed E-state index contributed by atoms with van der Waals surface area (Å²) in [7, 11) is 1.24. The molecule has 0 radical (unpaired) electrons. The fourth-order valence-corrected chi connectivity index (χ4v) is 2.06. The van der Waals surface area contributed by atoms with E-state index in [1.165, 1.54) is 24.1 Å². The van der Waals surface area contributed by atoms with Crippen molar-refractivity contribution in [1.29, 1.82) is 0 Å². The Kier molecular flexibility index (Phi) is 4.09. The molecule has 0 bridgehead atoms. The van der Waals surface area contributed by atoms with Crippen molar-refractivity contribution in [3.8, 4) is 11.5 Å². The molecular weight excluding hydrogens is 266 g/mol. The van der Waals surface area contributed by atoms with Gasteiger partial charge in [0.05, 0.1) is 20.3 Å². The summed E-state index contributed by atoms with van der Waals surface area (Å²) in [6, 6.07) is 2.75. The molecule has 0 aliphatic carbocycles. The summed E-state index contributed by atoms with van der Waals surface area (Å²) >= 11 is 0. The highest BCUT2D eigenvalue weighted by atomic mass is 16.5. The molecule has 1 unspecified atom stereocenters. The zero-order valence-corrected chi connectivity index (χ0v) is 10.9. The minimum Gasteiger partial charge on any atom is -0.508 e. The third-order valence-electron chi connectivity index (χ3n) is 3.01. The number of amides is 1. The molecule has 2 N–H and O–H groups in total. The van der Waals surface area contributed by atoms with Crippen LogP contribution in [0.25, 0.3) is 0 Å². The van der Waals surface area contributed by atoms with Gasteiger partial charge in [-0.1, -0.05) is 0 Å². The molecule has 1 heterocycles. The van der Waals surface area contributed by atoms with Crippen molar-refractivity contribution >= 4 is 11.9 Å². The summed E-state index contributed by atoms with van der Waals surface area (Å²) in [5.74, 6) is -1.50. The Balaban J connectivity index is 2.27. The number of carbonyl (C=O) groups is 2. The quantitative estimate of drug-likeness (QED) is 0.747. The lowest BCUT2D eigenvalue weighted by Crippen LogP contribution is -2.53. The van der Waals surface area contributed by atoms with Gasteiger partial charge in [0.1, 0.15) is 11.5 Å². The van der Waals surface area contributed by atoms with Crippen molar-refractivity contribution in [3.05, 3.63) is 23.8 Å². The molecule has 2 rings (SSSR count). The minimum absolute atomic E-state index is 0.0587. The van der Waals surface area contributed by atoms with Crippen molar-refractivity contribution < 1.29 is 29.3 Å². The van der Waals surface area contributed by atoms with Gasteiger partial charge >= 0.3 is 5.97 Å². The van der Waals surface area contributed by atoms with E-state index in [9.17, 15) is 19.8 Å². The van der Waals surface area contributed by atoms with Crippen LogP contribution in [0.2, 0.25) is 0 Å². The van der Waals surface area contributed by atoms with Crippen LogP contribution in [0.4, 0.5) is 0 Å². The van der Waals surface area contributed by atoms with E-state index >= 15 is 0 Å². The highest BCUT2D eigenvalue weighted by Gasteiger charge is 2.34. The van der Waals surface area contributed by atoms with Gasteiger partial charge in [0.25, 0.3) is 5.91 Å². The van der Waals surface area contributed by atoms with E-state index in [4.69, 9.17) is 4.74 Å². The predicted molar refractivity (Wildman–Crippen MR) is 67.4 cm³/mol. The van der Waals surface area contributed by atoms with E-state index in [2.05, 4.69) is 4.74 Å². The summed E-state index contributed by atoms with van der Waals surface area (Å²) in [5, 5.41) is 18.8. The highest BCUT2D eigenvalue weighted by molar-refractivity contribution is 5.97. The number of methoxy groups -OCH3 is 1. The van der Waals surface area contributed by atoms with E-state index < -0.39 is 17.9 Å². The smallest absolute Gasteiger partial charge is 0.331 e. The lowest BCUT2D eigenvalue weighted by atomic mass is 10.1. The number of phenolic OH excluding ortho intramolecular Hbond substituents is 2. The normalized spacial score (nSPS) is 18.6. The first kappa shape index (κ1) is 14.1. The van der Waals surface area contributed by atoms with Crippen LogP contribution in [-0.2, 0) is 14.3 Å². The van der Waals surface area contributed by atoms with Crippen molar-refractivity contribution in [2.24, 2.45) is 0 Å². The van der Waals surface area contributed by atoms with E-state index in [-0.39, 0.29) is 30.2 Å². The number of aromatic hydroxyl groups is 2. The van der Waals surface area contributed by atoms with Crippen molar-refractivity contribution in [1.82, 2.24) is 4.90 Å². The molecule has 1 amide bonds. The van der Waals surface area contributed by atoms with Crippen LogP contribution in [0.3, 0.4) is 0 Å². The van der Waals surface area contributed by atoms with E-state index in [1.807, 2.05) is 0 Å². The van der Waals surface area contributed by atoms with Gasteiger partial charge in [-0.05, 0) is 12.1 Å². The highest BCUT2D eigenvalue weighted by Crippen LogP contribution is 2.23. The maximum Gasteiger partial charge on any atom is 0.331 e. The molecule has 1 fully saturated rings. The first-order valence-corrected chi connectivity index (χ1v) is 6.02. The maximum absolute atomic E-state index is 12.4. The van der Waals surface area contributed by atoms with Gasteiger partial charge in [0, 0.05) is 18.2 Å². The standard InChI is InChI=1S/C13H15NO6/c1-19-13(18)11-7-20-3-2-14(11)12(17)8-4-9(15)6-10(16)5-8/h4-6,11,15-16H,2-3,7H2,1H3. The molecule has 1 aromatic carbocycles. The Morgan fingerprint density at radius 1 is 1.30 bits per heavy atom. The summed E-state index contributed by atoms with van der Waals surface area (Å²) in [6.45, 7) is 0.599. The zero-order chi connectivity index (χ0) is 14.7. The van der Waals surface area contributed by atoms with Crippen LogP contribution in [0.1, 0.15) is 10.4 Å². The number of benzene rings is 1. The zero-order valence-electron chi connectivity index (χ0n) is 10.9. The largest absolute Gasteiger partial charge is 0.508 e. The second-order valence-electron chi connectivity index (χ2n) is 4.35. The van der Waals surface area contributed by atoms with Gasteiger partial charge in [0.2, 0.25) is 0 Å². The molecule has 0 spiro atoms. The van der Waals surface area contributed by atoms with Gasteiger partial charge in [0.15, 0.2) is 6.04 Å². The summed E-state index contributed by atoms with van der Waals surface area (Å²) in [4.78, 5) is 25.3. The third-order valence-corrected chi connectivity index (χ3v) is 3.01. The monoisotopic (exact) mass is 281 g/mol. The van der Waals surface area contributed by atoms with Crippen LogP contribution in [0, 0.1) is 0 Å². The molecule has 1 aromatic rings. The average molecular weight is 281 g/mol. The molecule has 7 nitrogen and oxygen atoms in total. The van der Waals surface area contributed by atoms with Crippen LogP contribution in [0.5, 0.6) is 11.5 Å². The Morgan fingerprint density at radius 2 is 1.95 bits per heavy atom. The lowest BCUT2D eigenvalue weighted by molar-refractivity contribution is -0.151.